The first-order chi connectivity index (χ1) is 15.3. The maximum absolute atomic E-state index is 13.3. The number of thioether (sulfide) groups is 1. The van der Waals surface area contributed by atoms with E-state index in [0.717, 1.165) is 22.2 Å². The number of nitrogens with zero attached hydrogens (tertiary/aromatic N) is 2. The Morgan fingerprint density at radius 2 is 1.69 bits per heavy atom. The number of hydrogen-bond donors (Lipinski definition) is 2. The molecule has 0 aliphatic carbocycles. The summed E-state index contributed by atoms with van der Waals surface area (Å²) in [5.74, 6) is -2.75. The highest BCUT2D eigenvalue weighted by Gasteiger charge is 2.42. The third kappa shape index (κ3) is 4.02. The normalized spacial score (nSPS) is 17.7. The molecule has 0 saturated carbocycles. The molecule has 0 radical (unpaired) electrons. The van der Waals surface area contributed by atoms with Crippen molar-refractivity contribution < 1.29 is 24.3 Å². The van der Waals surface area contributed by atoms with Gasteiger partial charge in [-0.05, 0) is 25.1 Å². The van der Waals surface area contributed by atoms with Crippen molar-refractivity contribution in [2.75, 3.05) is 23.3 Å². The zero-order chi connectivity index (χ0) is 23.0. The van der Waals surface area contributed by atoms with Crippen molar-refractivity contribution in [2.24, 2.45) is 0 Å². The molecule has 1 saturated heterocycles. The van der Waals surface area contributed by atoms with E-state index in [1.54, 1.807) is 36.4 Å². The number of aliphatic carboxylic acids is 1. The topological polar surface area (TPSA) is 107 Å². The predicted octanol–water partition coefficient (Wildman–Crippen LogP) is 2.64. The Labute approximate surface area is 192 Å². The average molecular weight is 468 g/mol. The van der Waals surface area contributed by atoms with Gasteiger partial charge in [0.2, 0.25) is 5.91 Å². The van der Waals surface area contributed by atoms with E-state index in [1.807, 2.05) is 19.1 Å². The van der Waals surface area contributed by atoms with E-state index in [4.69, 9.17) is 17.3 Å². The lowest BCUT2D eigenvalue weighted by molar-refractivity contribution is -0.140. The molecule has 0 atom stereocenters. The number of carbonyl (C=O) groups is 4. The van der Waals surface area contributed by atoms with Crippen molar-refractivity contribution in [1.29, 1.82) is 0 Å². The van der Waals surface area contributed by atoms with Gasteiger partial charge in [-0.1, -0.05) is 59.9 Å². The van der Waals surface area contributed by atoms with Gasteiger partial charge in [-0.2, -0.15) is 0 Å². The molecule has 162 valence electrons. The van der Waals surface area contributed by atoms with Crippen molar-refractivity contribution in [3.05, 3.63) is 64.6 Å². The number of fused-ring (bicyclic) bond motifs is 1. The molecule has 2 aromatic rings. The Kier molecular flexibility index (Phi) is 5.81. The third-order valence-corrected chi connectivity index (χ3v) is 6.38. The van der Waals surface area contributed by atoms with Crippen LogP contribution < -0.4 is 10.2 Å². The molecule has 2 N–H and O–H groups in total. The number of aryl methyl sites for hydroxylation is 1. The van der Waals surface area contributed by atoms with Crippen molar-refractivity contribution >= 4 is 68.9 Å². The zero-order valence-electron chi connectivity index (χ0n) is 16.8. The Bertz CT molecular complexity index is 1210. The van der Waals surface area contributed by atoms with E-state index in [0.29, 0.717) is 16.9 Å². The minimum absolute atomic E-state index is 0.0649. The molecule has 2 aliphatic rings. The highest BCUT2D eigenvalue weighted by molar-refractivity contribution is 8.26. The van der Waals surface area contributed by atoms with Gasteiger partial charge in [0, 0.05) is 11.3 Å². The van der Waals surface area contributed by atoms with Crippen LogP contribution in [0, 0.1) is 6.92 Å². The lowest BCUT2D eigenvalue weighted by Gasteiger charge is -2.17. The van der Waals surface area contributed by atoms with E-state index in [9.17, 15) is 19.2 Å². The summed E-state index contributed by atoms with van der Waals surface area (Å²) in [5.41, 5.74) is 2.77. The summed E-state index contributed by atoms with van der Waals surface area (Å²) in [4.78, 5) is 52.2. The van der Waals surface area contributed by atoms with Crippen molar-refractivity contribution in [1.82, 2.24) is 4.90 Å². The summed E-state index contributed by atoms with van der Waals surface area (Å²) in [6.45, 7) is 1.11. The Hall–Kier alpha value is -3.50. The molecule has 0 bridgehead atoms. The SMILES string of the molecule is Cc1ccc(NC(=O)CN2C(=O)C(=C3SC(=S)N(CC(=O)O)C3=O)c3ccccc32)cc1. The van der Waals surface area contributed by atoms with Gasteiger partial charge in [0.15, 0.2) is 0 Å². The lowest BCUT2D eigenvalue weighted by Crippen LogP contribution is -2.36. The van der Waals surface area contributed by atoms with Gasteiger partial charge in [0.05, 0.1) is 16.2 Å². The second kappa shape index (κ2) is 8.56. The van der Waals surface area contributed by atoms with Gasteiger partial charge in [0.1, 0.15) is 17.4 Å². The number of nitrogens with one attached hydrogen (secondary N) is 1. The molecule has 8 nitrogen and oxygen atoms in total. The summed E-state index contributed by atoms with van der Waals surface area (Å²) in [6.07, 6.45) is 0. The average Bonchev–Trinajstić information content (AvgIpc) is 3.17. The van der Waals surface area contributed by atoms with E-state index < -0.39 is 30.2 Å². The minimum atomic E-state index is -1.21. The van der Waals surface area contributed by atoms with Crippen LogP contribution in [-0.4, -0.2) is 51.1 Å². The fourth-order valence-corrected chi connectivity index (χ4v) is 4.79. The van der Waals surface area contributed by atoms with Crippen LogP contribution in [-0.2, 0) is 19.2 Å². The monoisotopic (exact) mass is 467 g/mol. The number of benzene rings is 2. The molecule has 32 heavy (non-hydrogen) atoms. The zero-order valence-corrected chi connectivity index (χ0v) is 18.5. The molecule has 0 spiro atoms. The molecule has 2 heterocycles. The maximum Gasteiger partial charge on any atom is 0.323 e. The van der Waals surface area contributed by atoms with Gasteiger partial charge in [-0.3, -0.25) is 29.0 Å². The Balaban J connectivity index is 1.64. The number of para-hydroxylation sites is 1. The second-order valence-corrected chi connectivity index (χ2v) is 8.82. The number of thiocarbonyl (C=S) groups is 1. The van der Waals surface area contributed by atoms with Crippen molar-refractivity contribution in [3.8, 4) is 0 Å². The number of anilines is 2. The fourth-order valence-electron chi connectivity index (χ4n) is 3.46. The predicted molar refractivity (Wildman–Crippen MR) is 125 cm³/mol. The highest BCUT2D eigenvalue weighted by Crippen LogP contribution is 2.44. The van der Waals surface area contributed by atoms with Crippen molar-refractivity contribution in [3.63, 3.8) is 0 Å². The molecular formula is C22H17N3O5S2. The summed E-state index contributed by atoms with van der Waals surface area (Å²) in [5, 5.41) is 11.8. The van der Waals surface area contributed by atoms with Crippen LogP contribution in [0.3, 0.4) is 0 Å². The van der Waals surface area contributed by atoms with Crippen LogP contribution in [0.2, 0.25) is 0 Å². The first kappa shape index (κ1) is 21.7. The van der Waals surface area contributed by atoms with Crippen LogP contribution in [0.1, 0.15) is 11.1 Å². The largest absolute Gasteiger partial charge is 0.480 e. The van der Waals surface area contributed by atoms with E-state index >= 15 is 0 Å². The van der Waals surface area contributed by atoms with Gasteiger partial charge in [0.25, 0.3) is 11.8 Å². The van der Waals surface area contributed by atoms with E-state index in [1.165, 1.54) is 4.90 Å². The van der Waals surface area contributed by atoms with Gasteiger partial charge >= 0.3 is 5.97 Å². The number of carbonyl (C=O) groups excluding carboxylic acids is 3. The van der Waals surface area contributed by atoms with Crippen LogP contribution in [0.15, 0.2) is 53.4 Å². The first-order valence-electron chi connectivity index (χ1n) is 9.54. The van der Waals surface area contributed by atoms with Crippen LogP contribution >= 0.6 is 24.0 Å². The second-order valence-electron chi connectivity index (χ2n) is 7.18. The summed E-state index contributed by atoms with van der Waals surface area (Å²) < 4.78 is 0.0701. The number of rotatable bonds is 5. The Morgan fingerprint density at radius 3 is 2.38 bits per heavy atom. The Morgan fingerprint density at radius 1 is 1.00 bits per heavy atom. The summed E-state index contributed by atoms with van der Waals surface area (Å²) >= 11 is 6.04. The summed E-state index contributed by atoms with van der Waals surface area (Å²) in [6, 6.07) is 14.1. The van der Waals surface area contributed by atoms with Crippen LogP contribution in [0.5, 0.6) is 0 Å². The minimum Gasteiger partial charge on any atom is -0.480 e. The van der Waals surface area contributed by atoms with Crippen LogP contribution in [0.4, 0.5) is 11.4 Å². The molecule has 2 aliphatic heterocycles. The third-order valence-electron chi connectivity index (χ3n) is 4.93. The van der Waals surface area contributed by atoms with Gasteiger partial charge in [-0.25, -0.2) is 0 Å². The van der Waals surface area contributed by atoms with Gasteiger partial charge < -0.3 is 10.4 Å². The quantitative estimate of drug-likeness (QED) is 0.514. The molecule has 0 unspecified atom stereocenters. The molecule has 2 aromatic carbocycles. The molecule has 4 rings (SSSR count). The van der Waals surface area contributed by atoms with Crippen LogP contribution in [0.25, 0.3) is 5.57 Å². The first-order valence-corrected chi connectivity index (χ1v) is 10.8. The molecule has 1 fully saturated rings. The number of amides is 3. The number of carboxylic acids is 1. The molecule has 3 amide bonds. The molecule has 10 heteroatoms. The number of hydrogen-bond acceptors (Lipinski definition) is 6. The molecule has 0 aromatic heterocycles. The lowest BCUT2D eigenvalue weighted by atomic mass is 10.1. The fraction of sp³-hybridized carbons (Fsp3) is 0.136. The van der Waals surface area contributed by atoms with E-state index in [2.05, 4.69) is 5.32 Å². The maximum atomic E-state index is 13.3. The van der Waals surface area contributed by atoms with Crippen molar-refractivity contribution in [2.45, 2.75) is 6.92 Å². The standard InChI is InChI=1S/C22H17N3O5S2/c1-12-6-8-13(9-7-12)23-16(26)10-24-15-5-3-2-4-14(15)18(20(24)29)19-21(30)25(11-17(27)28)22(31)32-19/h2-9H,10-11H2,1H3,(H,23,26)(H,27,28). The smallest absolute Gasteiger partial charge is 0.323 e. The van der Waals surface area contributed by atoms with E-state index in [-0.39, 0.29) is 21.3 Å². The number of carboxylic acid groups (broad SMARTS) is 1. The van der Waals surface area contributed by atoms with Gasteiger partial charge in [-0.15, -0.1) is 0 Å². The highest BCUT2D eigenvalue weighted by atomic mass is 32.2. The molecular weight excluding hydrogens is 450 g/mol. The summed E-state index contributed by atoms with van der Waals surface area (Å²) in [7, 11) is 0.